The molecule has 0 unspecified atom stereocenters. The number of benzene rings is 3. The molecule has 0 saturated heterocycles. The molecule has 4 N–H and O–H groups in total. The molecule has 35 heavy (non-hydrogen) atoms. The van der Waals surface area contributed by atoms with Crippen LogP contribution in [0.4, 0.5) is 5.69 Å². The molecule has 0 aliphatic carbocycles. The van der Waals surface area contributed by atoms with Crippen molar-refractivity contribution >= 4 is 28.5 Å². The number of aromatic nitrogens is 2. The summed E-state index contributed by atoms with van der Waals surface area (Å²) in [7, 11) is 0. The molecule has 0 atom stereocenters. The third-order valence-electron chi connectivity index (χ3n) is 5.57. The number of ketones is 1. The number of nitrogens with one attached hydrogen (secondary N) is 3. The van der Waals surface area contributed by atoms with Crippen molar-refractivity contribution in [2.24, 2.45) is 0 Å². The average molecular weight is 475 g/mol. The molecule has 0 radical (unpaired) electrons. The maximum Gasteiger partial charge on any atom is 0.341 e. The van der Waals surface area contributed by atoms with Gasteiger partial charge in [-0.05, 0) is 29.7 Å². The molecule has 4 aromatic rings. The number of aromatic amines is 2. The average Bonchev–Trinajstić information content (AvgIpc) is 2.86. The molecule has 178 valence electrons. The van der Waals surface area contributed by atoms with Crippen molar-refractivity contribution in [3.63, 3.8) is 0 Å². The lowest BCUT2D eigenvalue weighted by Gasteiger charge is -2.18. The van der Waals surface area contributed by atoms with E-state index in [1.54, 1.807) is 0 Å². The minimum atomic E-state index is -0.964. The molecule has 0 aliphatic heterocycles. The Kier molecular flexibility index (Phi) is 6.86. The first kappa shape index (κ1) is 23.6. The summed E-state index contributed by atoms with van der Waals surface area (Å²) >= 11 is 0. The maximum atomic E-state index is 13.2. The van der Waals surface area contributed by atoms with Gasteiger partial charge in [0.1, 0.15) is 0 Å². The first-order chi connectivity index (χ1) is 16.9. The van der Waals surface area contributed by atoms with Crippen LogP contribution in [0.2, 0.25) is 0 Å². The van der Waals surface area contributed by atoms with Crippen LogP contribution in [0.3, 0.4) is 0 Å². The minimum absolute atomic E-state index is 0.00991. The van der Waals surface area contributed by atoms with Gasteiger partial charge in [0.05, 0.1) is 28.2 Å². The van der Waals surface area contributed by atoms with Gasteiger partial charge in [-0.2, -0.15) is 0 Å². The van der Waals surface area contributed by atoms with Crippen molar-refractivity contribution in [3.05, 3.63) is 110 Å². The highest BCUT2D eigenvalue weighted by Crippen LogP contribution is 2.28. The molecule has 10 nitrogen and oxygen atoms in total. The monoisotopic (exact) mass is 475 g/mol. The summed E-state index contributed by atoms with van der Waals surface area (Å²) in [5, 5.41) is 8.80. The Morgan fingerprint density at radius 1 is 0.943 bits per heavy atom. The zero-order valence-corrected chi connectivity index (χ0v) is 18.5. The SMILES string of the molecule is Cc1c(NOO)cc2[nH]c(=O)c(=O)[nH]c2c1C(=O)OCC(=O)C(c1ccccc1)c1ccccc1. The van der Waals surface area contributed by atoms with Crippen molar-refractivity contribution in [1.82, 2.24) is 9.97 Å². The summed E-state index contributed by atoms with van der Waals surface area (Å²) in [6.07, 6.45) is 0. The van der Waals surface area contributed by atoms with E-state index in [2.05, 4.69) is 20.4 Å². The fourth-order valence-corrected chi connectivity index (χ4v) is 3.92. The number of carbonyl (C=O) groups excluding carboxylic acids is 2. The predicted octanol–water partition coefficient (Wildman–Crippen LogP) is 2.90. The normalized spacial score (nSPS) is 10.9. The largest absolute Gasteiger partial charge is 0.454 e. The van der Waals surface area contributed by atoms with Gasteiger partial charge < -0.3 is 14.7 Å². The van der Waals surface area contributed by atoms with Crippen molar-refractivity contribution in [3.8, 4) is 0 Å². The van der Waals surface area contributed by atoms with Crippen LogP contribution in [-0.2, 0) is 14.5 Å². The number of ether oxygens (including phenoxy) is 1. The summed E-state index contributed by atoms with van der Waals surface area (Å²) in [4.78, 5) is 58.7. The van der Waals surface area contributed by atoms with Crippen LogP contribution in [0, 0.1) is 6.92 Å². The van der Waals surface area contributed by atoms with E-state index >= 15 is 0 Å². The Morgan fingerprint density at radius 3 is 2.09 bits per heavy atom. The smallest absolute Gasteiger partial charge is 0.341 e. The molecule has 0 fully saturated rings. The van der Waals surface area contributed by atoms with Crippen LogP contribution < -0.4 is 16.6 Å². The topological polar surface area (TPSA) is 151 Å². The third-order valence-corrected chi connectivity index (χ3v) is 5.57. The van der Waals surface area contributed by atoms with Gasteiger partial charge >= 0.3 is 17.1 Å². The standard InChI is InChI=1S/C25H21N3O7/c1-14-17(28-35-33)12-18-22(27-24(31)23(30)26-18)20(14)25(32)34-13-19(29)21(15-8-4-2-5-9-15)16-10-6-3-7-11-16/h2-12,21,28,33H,13H2,1H3,(H,26,30)(H,27,31). The fraction of sp³-hybridized carbons (Fsp3) is 0.120. The first-order valence-corrected chi connectivity index (χ1v) is 10.6. The molecule has 0 bridgehead atoms. The molecule has 0 aliphatic rings. The molecular formula is C25H21N3O7. The van der Waals surface area contributed by atoms with E-state index < -0.39 is 29.6 Å². The Hall–Kier alpha value is -4.54. The number of H-pyrrole nitrogens is 2. The van der Waals surface area contributed by atoms with Gasteiger partial charge in [-0.15, -0.1) is 4.99 Å². The Labute approximate surface area is 198 Å². The molecular weight excluding hydrogens is 454 g/mol. The number of hydrogen-bond acceptors (Lipinski definition) is 8. The van der Waals surface area contributed by atoms with E-state index in [9.17, 15) is 19.2 Å². The maximum absolute atomic E-state index is 13.2. The van der Waals surface area contributed by atoms with Gasteiger partial charge in [-0.1, -0.05) is 60.7 Å². The van der Waals surface area contributed by atoms with E-state index in [-0.39, 0.29) is 33.6 Å². The second-order valence-electron chi connectivity index (χ2n) is 7.75. The molecule has 0 spiro atoms. The number of carbonyl (C=O) groups is 2. The van der Waals surface area contributed by atoms with Crippen LogP contribution in [0.5, 0.6) is 0 Å². The van der Waals surface area contributed by atoms with Crippen molar-refractivity contribution in [2.45, 2.75) is 12.8 Å². The Morgan fingerprint density at radius 2 is 1.51 bits per heavy atom. The van der Waals surface area contributed by atoms with Crippen LogP contribution in [0.1, 0.15) is 33.0 Å². The first-order valence-electron chi connectivity index (χ1n) is 10.6. The molecule has 0 amide bonds. The summed E-state index contributed by atoms with van der Waals surface area (Å²) < 4.78 is 5.37. The van der Waals surface area contributed by atoms with Crippen LogP contribution in [-0.4, -0.2) is 33.6 Å². The lowest BCUT2D eigenvalue weighted by Crippen LogP contribution is -2.30. The number of esters is 1. The van der Waals surface area contributed by atoms with E-state index in [0.29, 0.717) is 0 Å². The summed E-state index contributed by atoms with van der Waals surface area (Å²) in [5.74, 6) is -1.92. The second-order valence-corrected chi connectivity index (χ2v) is 7.75. The molecule has 4 rings (SSSR count). The van der Waals surface area contributed by atoms with E-state index in [1.165, 1.54) is 13.0 Å². The van der Waals surface area contributed by atoms with Crippen molar-refractivity contribution < 1.29 is 24.6 Å². The number of anilines is 1. The van der Waals surface area contributed by atoms with E-state index in [0.717, 1.165) is 11.1 Å². The van der Waals surface area contributed by atoms with Crippen molar-refractivity contribution in [2.75, 3.05) is 12.1 Å². The summed E-state index contributed by atoms with van der Waals surface area (Å²) in [5.41, 5.74) is 2.15. The zero-order valence-electron chi connectivity index (χ0n) is 18.5. The Bertz CT molecular complexity index is 1460. The molecule has 3 aromatic carbocycles. The molecule has 0 saturated carbocycles. The van der Waals surface area contributed by atoms with Crippen LogP contribution >= 0.6 is 0 Å². The lowest BCUT2D eigenvalue weighted by molar-refractivity contribution is -0.215. The number of hydrogen-bond donors (Lipinski definition) is 4. The highest BCUT2D eigenvalue weighted by Gasteiger charge is 2.26. The van der Waals surface area contributed by atoms with Gasteiger partial charge in [0.2, 0.25) is 0 Å². The van der Waals surface area contributed by atoms with E-state index in [1.807, 2.05) is 60.7 Å². The molecule has 10 heteroatoms. The molecule has 1 aromatic heterocycles. The highest BCUT2D eigenvalue weighted by atomic mass is 17.2. The zero-order chi connectivity index (χ0) is 24.9. The van der Waals surface area contributed by atoms with Crippen molar-refractivity contribution in [1.29, 1.82) is 0 Å². The van der Waals surface area contributed by atoms with Gasteiger partial charge in [-0.25, -0.2) is 15.5 Å². The van der Waals surface area contributed by atoms with Gasteiger partial charge in [0.25, 0.3) is 0 Å². The summed E-state index contributed by atoms with van der Waals surface area (Å²) in [6, 6.07) is 19.6. The fourth-order valence-electron chi connectivity index (χ4n) is 3.92. The third kappa shape index (κ3) is 4.88. The summed E-state index contributed by atoms with van der Waals surface area (Å²) in [6.45, 7) is 0.968. The van der Waals surface area contributed by atoms with Gasteiger partial charge in [0.15, 0.2) is 12.4 Å². The van der Waals surface area contributed by atoms with Crippen LogP contribution in [0.25, 0.3) is 11.0 Å². The Balaban J connectivity index is 1.68. The van der Waals surface area contributed by atoms with Gasteiger partial charge in [-0.3, -0.25) is 14.4 Å². The number of rotatable bonds is 8. The molecule has 1 heterocycles. The highest BCUT2D eigenvalue weighted by molar-refractivity contribution is 6.06. The quantitative estimate of drug-likeness (QED) is 0.131. The second kappa shape index (κ2) is 10.2. The predicted molar refractivity (Wildman–Crippen MR) is 127 cm³/mol. The van der Waals surface area contributed by atoms with E-state index in [4.69, 9.17) is 9.99 Å². The number of Topliss-reactive ketones (excluding diaryl/α,β-unsaturated/α-hetero) is 1. The van der Waals surface area contributed by atoms with Gasteiger partial charge in [0, 0.05) is 0 Å². The number of fused-ring (bicyclic) bond motifs is 1. The lowest BCUT2D eigenvalue weighted by atomic mass is 9.88. The van der Waals surface area contributed by atoms with Crippen LogP contribution in [0.15, 0.2) is 76.3 Å². The minimum Gasteiger partial charge on any atom is -0.454 e.